The molecule has 0 fully saturated rings. The van der Waals surface area contributed by atoms with Crippen LogP contribution in [0.15, 0.2) is 215 Å². The first-order valence-corrected chi connectivity index (χ1v) is 20.6. The van der Waals surface area contributed by atoms with Gasteiger partial charge in [-0.15, -0.1) is 0 Å². The van der Waals surface area contributed by atoms with Crippen LogP contribution in [0.25, 0.3) is 131 Å². The van der Waals surface area contributed by atoms with E-state index in [1.807, 2.05) is 0 Å². The van der Waals surface area contributed by atoms with Crippen molar-refractivity contribution in [1.82, 2.24) is 0 Å². The number of benzene rings is 11. The number of hydrogen-bond donors (Lipinski definition) is 0. The minimum absolute atomic E-state index is 0.900. The van der Waals surface area contributed by atoms with Gasteiger partial charge in [0.1, 0.15) is 22.3 Å². The quantitative estimate of drug-likeness (QED) is 0.167. The zero-order chi connectivity index (χ0) is 39.3. The highest BCUT2D eigenvalue weighted by atomic mass is 16.3. The highest BCUT2D eigenvalue weighted by Crippen LogP contribution is 2.46. The Labute approximate surface area is 345 Å². The fraction of sp³-hybridized carbons (Fsp3) is 0. The predicted molar refractivity (Wildman–Crippen MR) is 253 cm³/mol. The van der Waals surface area contributed by atoms with E-state index in [0.717, 1.165) is 60.7 Å². The van der Waals surface area contributed by atoms with Gasteiger partial charge in [-0.1, -0.05) is 152 Å². The van der Waals surface area contributed by atoms with E-state index >= 15 is 0 Å². The second kappa shape index (κ2) is 12.8. The maximum atomic E-state index is 6.49. The summed E-state index contributed by atoms with van der Waals surface area (Å²) in [5, 5.41) is 14.3. The van der Waals surface area contributed by atoms with Gasteiger partial charge in [-0.3, -0.25) is 0 Å². The lowest BCUT2D eigenvalue weighted by molar-refractivity contribution is 0.669. The van der Waals surface area contributed by atoms with Crippen molar-refractivity contribution in [3.05, 3.63) is 206 Å². The van der Waals surface area contributed by atoms with Crippen molar-refractivity contribution in [2.75, 3.05) is 0 Å². The van der Waals surface area contributed by atoms with Crippen LogP contribution >= 0.6 is 0 Å². The Morgan fingerprint density at radius 3 is 1.28 bits per heavy atom. The van der Waals surface area contributed by atoms with Crippen LogP contribution in [0.5, 0.6) is 0 Å². The molecule has 278 valence electrons. The van der Waals surface area contributed by atoms with E-state index in [0.29, 0.717) is 0 Å². The molecule has 2 heterocycles. The lowest BCUT2D eigenvalue weighted by Gasteiger charge is -2.18. The normalized spacial score (nSPS) is 12.0. The van der Waals surface area contributed by atoms with Crippen molar-refractivity contribution < 1.29 is 8.83 Å². The Balaban J connectivity index is 0.938. The SMILES string of the molecule is c1cc(-c2ccc3c(c2)oc2cc4ccccc4cc23)cc(-c2c3ccccc3c(-c3cccc(-c4ccc5c(c4)oc4ccc6ccccc6c45)c3)c3ccccc23)c1. The van der Waals surface area contributed by atoms with Crippen LogP contribution in [0, 0.1) is 0 Å². The number of fused-ring (bicyclic) bond motifs is 11. The van der Waals surface area contributed by atoms with Gasteiger partial charge in [0.05, 0.1) is 0 Å². The van der Waals surface area contributed by atoms with Crippen molar-refractivity contribution in [2.24, 2.45) is 0 Å². The van der Waals surface area contributed by atoms with Gasteiger partial charge in [-0.2, -0.15) is 0 Å². The summed E-state index contributed by atoms with van der Waals surface area (Å²) < 4.78 is 13.0. The smallest absolute Gasteiger partial charge is 0.136 e. The Bertz CT molecular complexity index is 3840. The van der Waals surface area contributed by atoms with E-state index in [9.17, 15) is 0 Å². The molecule has 0 spiro atoms. The number of hydrogen-bond acceptors (Lipinski definition) is 2. The highest BCUT2D eigenvalue weighted by molar-refractivity contribution is 6.22. The Hall–Kier alpha value is -7.94. The molecule has 0 bridgehead atoms. The zero-order valence-corrected chi connectivity index (χ0v) is 32.4. The molecular weight excluding hydrogens is 729 g/mol. The van der Waals surface area contributed by atoms with Crippen LogP contribution in [0.1, 0.15) is 0 Å². The third-order valence-corrected chi connectivity index (χ3v) is 12.6. The Morgan fingerprint density at radius 2 is 0.667 bits per heavy atom. The summed E-state index contributed by atoms with van der Waals surface area (Å²) in [6.45, 7) is 0. The minimum atomic E-state index is 0.900. The molecule has 0 amide bonds. The number of rotatable bonds is 4. The maximum absolute atomic E-state index is 6.49. The van der Waals surface area contributed by atoms with Crippen molar-refractivity contribution in [2.45, 2.75) is 0 Å². The molecule has 0 N–H and O–H groups in total. The van der Waals surface area contributed by atoms with E-state index in [1.165, 1.54) is 70.7 Å². The molecule has 0 radical (unpaired) electrons. The summed E-state index contributed by atoms with van der Waals surface area (Å²) in [6.07, 6.45) is 0. The first kappa shape index (κ1) is 33.1. The van der Waals surface area contributed by atoms with E-state index in [1.54, 1.807) is 0 Å². The molecule has 0 aliphatic heterocycles. The largest absolute Gasteiger partial charge is 0.456 e. The maximum Gasteiger partial charge on any atom is 0.136 e. The average molecular weight is 763 g/mol. The Morgan fingerprint density at radius 1 is 0.217 bits per heavy atom. The molecule has 0 saturated heterocycles. The zero-order valence-electron chi connectivity index (χ0n) is 32.4. The molecule has 0 aliphatic rings. The molecule has 13 aromatic rings. The van der Waals surface area contributed by atoms with Crippen molar-refractivity contribution in [3.63, 3.8) is 0 Å². The average Bonchev–Trinajstić information content (AvgIpc) is 3.87. The monoisotopic (exact) mass is 762 g/mol. The van der Waals surface area contributed by atoms with Gasteiger partial charge in [0, 0.05) is 21.5 Å². The molecule has 11 aromatic carbocycles. The van der Waals surface area contributed by atoms with Crippen molar-refractivity contribution in [3.8, 4) is 44.5 Å². The van der Waals surface area contributed by atoms with E-state index < -0.39 is 0 Å². The van der Waals surface area contributed by atoms with E-state index in [4.69, 9.17) is 8.83 Å². The summed E-state index contributed by atoms with van der Waals surface area (Å²) >= 11 is 0. The summed E-state index contributed by atoms with van der Waals surface area (Å²) in [5.41, 5.74) is 13.0. The van der Waals surface area contributed by atoms with Crippen LogP contribution in [-0.2, 0) is 0 Å². The minimum Gasteiger partial charge on any atom is -0.456 e. The summed E-state index contributed by atoms with van der Waals surface area (Å²) in [6, 6.07) is 74.6. The van der Waals surface area contributed by atoms with Crippen molar-refractivity contribution >= 4 is 87.0 Å². The molecule has 2 nitrogen and oxygen atoms in total. The summed E-state index contributed by atoms with van der Waals surface area (Å²) in [4.78, 5) is 0. The molecule has 0 aliphatic carbocycles. The fourth-order valence-electron chi connectivity index (χ4n) is 9.83. The van der Waals surface area contributed by atoms with Crippen LogP contribution < -0.4 is 0 Å². The molecule has 60 heavy (non-hydrogen) atoms. The number of furan rings is 2. The van der Waals surface area contributed by atoms with Gasteiger partial charge in [0.25, 0.3) is 0 Å². The molecule has 0 atom stereocenters. The first-order valence-electron chi connectivity index (χ1n) is 20.6. The molecule has 2 aromatic heterocycles. The van der Waals surface area contributed by atoms with Gasteiger partial charge < -0.3 is 8.83 Å². The third-order valence-electron chi connectivity index (χ3n) is 12.6. The summed E-state index contributed by atoms with van der Waals surface area (Å²) in [5.74, 6) is 0. The second-order valence-electron chi connectivity index (χ2n) is 16.0. The van der Waals surface area contributed by atoms with Gasteiger partial charge in [0.15, 0.2) is 0 Å². The van der Waals surface area contributed by atoms with Crippen molar-refractivity contribution in [1.29, 1.82) is 0 Å². The third kappa shape index (κ3) is 5.01. The lowest BCUT2D eigenvalue weighted by Crippen LogP contribution is -1.91. The molecule has 2 heteroatoms. The van der Waals surface area contributed by atoms with Crippen LogP contribution in [0.3, 0.4) is 0 Å². The second-order valence-corrected chi connectivity index (χ2v) is 16.0. The van der Waals surface area contributed by atoms with Gasteiger partial charge in [-0.05, 0) is 142 Å². The lowest BCUT2D eigenvalue weighted by atomic mass is 9.85. The van der Waals surface area contributed by atoms with Crippen LogP contribution in [0.4, 0.5) is 0 Å². The van der Waals surface area contributed by atoms with Crippen LogP contribution in [-0.4, -0.2) is 0 Å². The van der Waals surface area contributed by atoms with Gasteiger partial charge in [0.2, 0.25) is 0 Å². The topological polar surface area (TPSA) is 26.3 Å². The van der Waals surface area contributed by atoms with Gasteiger partial charge in [-0.25, -0.2) is 0 Å². The summed E-state index contributed by atoms with van der Waals surface area (Å²) in [7, 11) is 0. The Kier molecular flexibility index (Phi) is 7.05. The van der Waals surface area contributed by atoms with E-state index in [2.05, 4.69) is 206 Å². The highest BCUT2D eigenvalue weighted by Gasteiger charge is 2.19. The molecular formula is C58H34O2. The van der Waals surface area contributed by atoms with E-state index in [-0.39, 0.29) is 0 Å². The standard InChI is InChI=1S/C58H34O2/c1-2-13-39-32-55-51(31-38(39)12-1)45-26-23-40(33-53(45)60-55)36-14-9-16-42(29-36)56-46-19-5-7-21-48(46)57(49-22-8-6-20-47(49)56)43-17-10-15-37(30-43)41-24-27-50-54(34-41)59-52-28-25-35-11-3-4-18-44(35)58(50)52/h1-34H. The first-order chi connectivity index (χ1) is 29.7. The predicted octanol–water partition coefficient (Wildman–Crippen LogP) is 16.8. The molecule has 13 rings (SSSR count). The molecule has 0 unspecified atom stereocenters. The van der Waals surface area contributed by atoms with Gasteiger partial charge >= 0.3 is 0 Å². The molecule has 0 saturated carbocycles. The fourth-order valence-corrected chi connectivity index (χ4v) is 9.83. The van der Waals surface area contributed by atoms with Crippen LogP contribution in [0.2, 0.25) is 0 Å².